The number of rotatable bonds is 0. The Kier molecular flexibility index (Phi) is 1.43. The Balaban J connectivity index is 2.64. The summed E-state index contributed by atoms with van der Waals surface area (Å²) in [6.45, 7) is 3.75. The monoisotopic (exact) mass is 164 g/mol. The van der Waals surface area contributed by atoms with Crippen molar-refractivity contribution in [2.75, 3.05) is 0 Å². The third kappa shape index (κ3) is 0.942. The summed E-state index contributed by atoms with van der Waals surface area (Å²) >= 11 is 0. The quantitative estimate of drug-likeness (QED) is 0.572. The van der Waals surface area contributed by atoms with E-state index in [1.165, 1.54) is 0 Å². The molecule has 56 valence electrons. The summed E-state index contributed by atoms with van der Waals surface area (Å²) in [4.78, 5) is 1.77. The first-order chi connectivity index (χ1) is 5.29. The van der Waals surface area contributed by atoms with Crippen LogP contribution in [-0.4, -0.2) is 4.21 Å². The molecule has 11 heavy (non-hydrogen) atoms. The maximum atomic E-state index is 11.4. The molecular weight excluding hydrogens is 156 g/mol. The summed E-state index contributed by atoms with van der Waals surface area (Å²) in [6.07, 6.45) is 0.781. The second kappa shape index (κ2) is 2.31. The lowest BCUT2D eigenvalue weighted by molar-refractivity contribution is 0.688. The molecule has 0 saturated carbocycles. The van der Waals surface area contributed by atoms with Crippen molar-refractivity contribution in [1.82, 2.24) is 0 Å². The average Bonchev–Trinajstić information content (AvgIpc) is 2.30. The van der Waals surface area contributed by atoms with Crippen molar-refractivity contribution in [3.05, 3.63) is 41.3 Å². The lowest BCUT2D eigenvalue weighted by atomic mass is 10.2. The second-order valence-corrected chi connectivity index (χ2v) is 4.15. The van der Waals surface area contributed by atoms with Crippen LogP contribution in [0.25, 0.3) is 0 Å². The van der Waals surface area contributed by atoms with Gasteiger partial charge in [0.05, 0.1) is 10.8 Å². The molecular formula is C9H8OS. The number of benzene rings is 1. The van der Waals surface area contributed by atoms with Crippen LogP contribution in [0.4, 0.5) is 0 Å². The molecule has 0 spiro atoms. The normalized spacial score (nSPS) is 21.8. The Labute approximate surface area is 68.2 Å². The Hall–Kier alpha value is -0.890. The van der Waals surface area contributed by atoms with E-state index in [2.05, 4.69) is 6.58 Å². The summed E-state index contributed by atoms with van der Waals surface area (Å²) in [5, 5.41) is 0. The van der Waals surface area contributed by atoms with Crippen LogP contribution in [0.3, 0.4) is 0 Å². The van der Waals surface area contributed by atoms with Gasteiger partial charge >= 0.3 is 0 Å². The topological polar surface area (TPSA) is 17.1 Å². The zero-order chi connectivity index (χ0) is 7.84. The van der Waals surface area contributed by atoms with E-state index in [1.54, 1.807) is 0 Å². The molecule has 0 aromatic heterocycles. The van der Waals surface area contributed by atoms with Gasteiger partial charge in [0.2, 0.25) is 0 Å². The van der Waals surface area contributed by atoms with Crippen LogP contribution in [0, 0.1) is 0 Å². The maximum Gasteiger partial charge on any atom is 0.0808 e. The van der Waals surface area contributed by atoms with E-state index in [0.29, 0.717) is 0 Å². The number of fused-ring (bicyclic) bond motifs is 1. The van der Waals surface area contributed by atoms with E-state index in [0.717, 1.165) is 21.8 Å². The molecule has 1 aliphatic heterocycles. The maximum absolute atomic E-state index is 11.4. The van der Waals surface area contributed by atoms with Crippen molar-refractivity contribution in [2.24, 2.45) is 0 Å². The molecule has 1 nitrogen and oxygen atoms in total. The van der Waals surface area contributed by atoms with Crippen molar-refractivity contribution in [3.8, 4) is 0 Å². The van der Waals surface area contributed by atoms with E-state index in [4.69, 9.17) is 0 Å². The molecule has 0 N–H and O–H groups in total. The van der Waals surface area contributed by atoms with E-state index in [1.807, 2.05) is 24.3 Å². The highest BCUT2D eigenvalue weighted by atomic mass is 32.2. The fraction of sp³-hybridized carbons (Fsp3) is 0.111. The largest absolute Gasteiger partial charge is 0.249 e. The van der Waals surface area contributed by atoms with Gasteiger partial charge in [-0.15, -0.1) is 0 Å². The molecule has 1 unspecified atom stereocenters. The SMILES string of the molecule is C=C1Cc2ccccc2S1=O. The molecule has 0 amide bonds. The third-order valence-electron chi connectivity index (χ3n) is 1.82. The van der Waals surface area contributed by atoms with Crippen LogP contribution in [0.15, 0.2) is 40.6 Å². The summed E-state index contributed by atoms with van der Waals surface area (Å²) in [5.74, 6) is 0. The third-order valence-corrected chi connectivity index (χ3v) is 3.29. The van der Waals surface area contributed by atoms with E-state index >= 15 is 0 Å². The summed E-state index contributed by atoms with van der Waals surface area (Å²) in [7, 11) is -0.937. The molecule has 1 heterocycles. The van der Waals surface area contributed by atoms with E-state index in [9.17, 15) is 4.21 Å². The Bertz CT molecular complexity index is 341. The molecule has 1 aromatic carbocycles. The number of hydrogen-bond donors (Lipinski definition) is 0. The van der Waals surface area contributed by atoms with Crippen LogP contribution in [0.2, 0.25) is 0 Å². The minimum absolute atomic E-state index is 0.781. The Morgan fingerprint density at radius 1 is 1.36 bits per heavy atom. The molecule has 1 aromatic rings. The molecule has 0 saturated heterocycles. The van der Waals surface area contributed by atoms with Gasteiger partial charge in [0, 0.05) is 16.2 Å². The Morgan fingerprint density at radius 2 is 2.09 bits per heavy atom. The first-order valence-electron chi connectivity index (χ1n) is 3.46. The molecule has 0 radical (unpaired) electrons. The van der Waals surface area contributed by atoms with E-state index < -0.39 is 10.8 Å². The van der Waals surface area contributed by atoms with Crippen LogP contribution < -0.4 is 0 Å². The fourth-order valence-electron chi connectivity index (χ4n) is 1.26. The summed E-state index contributed by atoms with van der Waals surface area (Å²) in [5.41, 5.74) is 1.16. The van der Waals surface area contributed by atoms with Gasteiger partial charge in [-0.05, 0) is 11.6 Å². The zero-order valence-electron chi connectivity index (χ0n) is 6.04. The lowest BCUT2D eigenvalue weighted by Crippen LogP contribution is -1.83. The molecule has 2 rings (SSSR count). The molecule has 0 bridgehead atoms. The van der Waals surface area contributed by atoms with Gasteiger partial charge in [-0.3, -0.25) is 0 Å². The molecule has 1 aliphatic rings. The first-order valence-corrected chi connectivity index (χ1v) is 4.61. The minimum atomic E-state index is -0.937. The Morgan fingerprint density at radius 3 is 2.82 bits per heavy atom. The van der Waals surface area contributed by atoms with Crippen LogP contribution in [-0.2, 0) is 17.2 Å². The van der Waals surface area contributed by atoms with Gasteiger partial charge < -0.3 is 0 Å². The minimum Gasteiger partial charge on any atom is -0.249 e. The zero-order valence-corrected chi connectivity index (χ0v) is 6.86. The standard InChI is InChI=1S/C9H8OS/c1-7-6-8-4-2-3-5-9(8)11(7)10/h2-5H,1,6H2. The highest BCUT2D eigenvalue weighted by Gasteiger charge is 2.20. The van der Waals surface area contributed by atoms with Crippen LogP contribution in [0.1, 0.15) is 5.56 Å². The predicted octanol–water partition coefficient (Wildman–Crippen LogP) is 1.86. The highest BCUT2D eigenvalue weighted by molar-refractivity contribution is 7.89. The van der Waals surface area contributed by atoms with Crippen molar-refractivity contribution < 1.29 is 4.21 Å². The molecule has 0 aliphatic carbocycles. The van der Waals surface area contributed by atoms with Gasteiger partial charge in [-0.1, -0.05) is 24.8 Å². The van der Waals surface area contributed by atoms with Crippen molar-refractivity contribution >= 4 is 10.8 Å². The van der Waals surface area contributed by atoms with Gasteiger partial charge in [0.15, 0.2) is 0 Å². The lowest BCUT2D eigenvalue weighted by Gasteiger charge is -1.92. The van der Waals surface area contributed by atoms with Crippen molar-refractivity contribution in [1.29, 1.82) is 0 Å². The average molecular weight is 164 g/mol. The number of allylic oxidation sites excluding steroid dienone is 1. The molecule has 0 fully saturated rings. The highest BCUT2D eigenvalue weighted by Crippen LogP contribution is 2.28. The van der Waals surface area contributed by atoms with Crippen molar-refractivity contribution in [3.63, 3.8) is 0 Å². The first kappa shape index (κ1) is 6.80. The van der Waals surface area contributed by atoms with Gasteiger partial charge in [-0.25, -0.2) is 4.21 Å². The van der Waals surface area contributed by atoms with Crippen LogP contribution in [0.5, 0.6) is 0 Å². The van der Waals surface area contributed by atoms with Crippen molar-refractivity contribution in [2.45, 2.75) is 11.3 Å². The number of hydrogen-bond acceptors (Lipinski definition) is 1. The molecule has 1 atom stereocenters. The second-order valence-electron chi connectivity index (χ2n) is 2.59. The summed E-state index contributed by atoms with van der Waals surface area (Å²) in [6, 6.07) is 7.79. The van der Waals surface area contributed by atoms with E-state index in [-0.39, 0.29) is 0 Å². The van der Waals surface area contributed by atoms with Gasteiger partial charge in [0.1, 0.15) is 0 Å². The molecule has 2 heteroatoms. The van der Waals surface area contributed by atoms with Crippen LogP contribution >= 0.6 is 0 Å². The van der Waals surface area contributed by atoms with Gasteiger partial charge in [-0.2, -0.15) is 0 Å². The smallest absolute Gasteiger partial charge is 0.0808 e. The predicted molar refractivity (Wildman–Crippen MR) is 45.7 cm³/mol. The summed E-state index contributed by atoms with van der Waals surface area (Å²) < 4.78 is 11.4. The van der Waals surface area contributed by atoms with Gasteiger partial charge in [0.25, 0.3) is 0 Å². The fourth-order valence-corrected chi connectivity index (χ4v) is 2.44.